The lowest BCUT2D eigenvalue weighted by Crippen LogP contribution is -2.58. The Labute approximate surface area is 388 Å². The molecule has 13 nitrogen and oxygen atoms in total. The maximum Gasteiger partial charge on any atom is 0.410 e. The average molecular weight is 919 g/mol. The maximum atomic E-state index is 15.6. The van der Waals surface area contributed by atoms with Crippen molar-refractivity contribution in [2.45, 2.75) is 104 Å². The van der Waals surface area contributed by atoms with Crippen LogP contribution in [-0.4, -0.2) is 73.4 Å². The second-order valence-corrected chi connectivity index (χ2v) is 18.1. The highest BCUT2D eigenvalue weighted by atomic mass is 35.5. The van der Waals surface area contributed by atoms with Gasteiger partial charge in [0.05, 0.1) is 28.5 Å². The minimum atomic E-state index is -0.713. The normalized spacial score (nSPS) is 15.6. The van der Waals surface area contributed by atoms with Crippen LogP contribution in [0.1, 0.15) is 88.6 Å². The number of H-pyrrole nitrogens is 1. The number of fused-ring (bicyclic) bond motifs is 1. The third kappa shape index (κ3) is 12.0. The number of carbonyl (C=O) groups is 3. The Morgan fingerprint density at radius 2 is 1.56 bits per heavy atom. The molecule has 1 fully saturated rings. The van der Waals surface area contributed by atoms with Crippen LogP contribution in [0.4, 0.5) is 18.8 Å². The number of amides is 3. The van der Waals surface area contributed by atoms with Crippen LogP contribution in [0.5, 0.6) is 0 Å². The zero-order valence-corrected chi connectivity index (χ0v) is 38.6. The third-order valence-corrected chi connectivity index (χ3v) is 11.6. The zero-order valence-electron chi connectivity index (χ0n) is 37.9. The SMILES string of the molecule is CCC[C@@H]1CN(C(=O)OC(C)(C)C)C[C@@H](c2ccc(-n3cc4cc(-c5cc(CCC[C@H](C)NC(=O)OCc6ccccc6)cc(Cl)c5F)[nH]c4nc3=O)cc2)N1C(=O)OCc1ccccc1. The van der Waals surface area contributed by atoms with Crippen molar-refractivity contribution in [3.63, 3.8) is 0 Å². The Morgan fingerprint density at radius 1 is 0.894 bits per heavy atom. The molecule has 1 aliphatic heterocycles. The number of halogens is 2. The van der Waals surface area contributed by atoms with E-state index in [9.17, 15) is 19.2 Å². The van der Waals surface area contributed by atoms with E-state index >= 15 is 4.39 Å². The Bertz CT molecular complexity index is 2690. The van der Waals surface area contributed by atoms with E-state index in [4.69, 9.17) is 25.8 Å². The van der Waals surface area contributed by atoms with Gasteiger partial charge in [0.15, 0.2) is 5.82 Å². The van der Waals surface area contributed by atoms with Crippen molar-refractivity contribution >= 4 is 40.9 Å². The number of ether oxygens (including phenoxy) is 3. The van der Waals surface area contributed by atoms with Crippen LogP contribution in [0.25, 0.3) is 28.0 Å². The molecule has 0 aliphatic carbocycles. The molecule has 346 valence electrons. The van der Waals surface area contributed by atoms with Crippen molar-refractivity contribution in [3.05, 3.63) is 153 Å². The molecule has 2 aromatic heterocycles. The summed E-state index contributed by atoms with van der Waals surface area (Å²) in [5.41, 5.74) is 3.42. The van der Waals surface area contributed by atoms with Crippen molar-refractivity contribution < 1.29 is 33.0 Å². The second-order valence-electron chi connectivity index (χ2n) is 17.7. The fraction of sp³-hybridized carbons (Fsp3) is 0.353. The lowest BCUT2D eigenvalue weighted by Gasteiger charge is -2.46. The summed E-state index contributed by atoms with van der Waals surface area (Å²) in [6.45, 7) is 10.1. The van der Waals surface area contributed by atoms with E-state index in [0.717, 1.165) is 28.7 Å². The predicted molar refractivity (Wildman–Crippen MR) is 252 cm³/mol. The van der Waals surface area contributed by atoms with Crippen LogP contribution in [0.2, 0.25) is 5.02 Å². The number of nitrogens with zero attached hydrogens (tertiary/aromatic N) is 4. The molecule has 3 atom stereocenters. The van der Waals surface area contributed by atoms with Crippen LogP contribution in [0, 0.1) is 5.82 Å². The minimum Gasteiger partial charge on any atom is -0.445 e. The standard InChI is InChI=1S/C51H56ClFN6O7/c1-6-14-40-29-57(49(62)66-51(3,4)5)30-44(59(40)50(63)65-32-35-18-11-8-12-19-35)37-21-23-39(24-22-37)58-28-38-27-43(55-46(38)56-47(58)60)41-25-36(26-42(52)45(41)53)20-13-15-33(2)54-48(61)64-31-34-16-9-7-10-17-34/h7-12,16-19,21-28,33,40,44H,6,13-15,20,29-32H2,1-5H3,(H,54,61)(H,55,56,60)/t33-,40+,44-/m0/s1. The van der Waals surface area contributed by atoms with E-state index in [1.165, 1.54) is 4.57 Å². The summed E-state index contributed by atoms with van der Waals surface area (Å²) in [5.74, 6) is -0.610. The van der Waals surface area contributed by atoms with E-state index in [2.05, 4.69) is 15.3 Å². The van der Waals surface area contributed by atoms with Crippen LogP contribution in [0.15, 0.2) is 114 Å². The molecule has 2 N–H and O–H groups in total. The number of hydrogen-bond donors (Lipinski definition) is 2. The molecule has 66 heavy (non-hydrogen) atoms. The Balaban J connectivity index is 1.08. The number of piperazine rings is 1. The van der Waals surface area contributed by atoms with E-state index in [1.54, 1.807) is 46.3 Å². The number of aryl methyl sites for hydroxylation is 1. The molecule has 3 heterocycles. The number of carbonyl (C=O) groups excluding carboxylic acids is 3. The number of alkyl carbamates (subject to hydrolysis) is 1. The highest BCUT2D eigenvalue weighted by Gasteiger charge is 2.41. The second kappa shape index (κ2) is 21.1. The Hall–Kier alpha value is -6.67. The van der Waals surface area contributed by atoms with Crippen molar-refractivity contribution in [1.29, 1.82) is 0 Å². The molecule has 0 spiro atoms. The first kappa shape index (κ1) is 47.3. The molecular weight excluding hydrogens is 863 g/mol. The largest absolute Gasteiger partial charge is 0.445 e. The molecule has 1 saturated heterocycles. The van der Waals surface area contributed by atoms with E-state index < -0.39 is 41.4 Å². The zero-order chi connectivity index (χ0) is 47.0. The van der Waals surface area contributed by atoms with Gasteiger partial charge in [-0.15, -0.1) is 0 Å². The predicted octanol–water partition coefficient (Wildman–Crippen LogP) is 10.9. The Morgan fingerprint density at radius 3 is 2.21 bits per heavy atom. The average Bonchev–Trinajstić information content (AvgIpc) is 3.71. The lowest BCUT2D eigenvalue weighted by molar-refractivity contribution is -0.0177. The molecule has 0 unspecified atom stereocenters. The van der Waals surface area contributed by atoms with Gasteiger partial charge in [-0.25, -0.2) is 23.6 Å². The Kier molecular flexibility index (Phi) is 15.1. The number of aromatic amines is 1. The summed E-state index contributed by atoms with van der Waals surface area (Å²) in [4.78, 5) is 64.1. The van der Waals surface area contributed by atoms with Gasteiger partial charge in [-0.3, -0.25) is 9.47 Å². The number of hydrogen-bond acceptors (Lipinski definition) is 8. The van der Waals surface area contributed by atoms with E-state index in [-0.39, 0.29) is 54.6 Å². The fourth-order valence-electron chi connectivity index (χ4n) is 8.16. The van der Waals surface area contributed by atoms with Gasteiger partial charge in [-0.2, -0.15) is 4.98 Å². The molecule has 0 saturated carbocycles. The summed E-state index contributed by atoms with van der Waals surface area (Å²) >= 11 is 6.42. The van der Waals surface area contributed by atoms with Gasteiger partial charge in [-0.1, -0.05) is 97.7 Å². The number of nitrogens with one attached hydrogen (secondary N) is 2. The molecular formula is C51H56ClFN6O7. The summed E-state index contributed by atoms with van der Waals surface area (Å²) in [6.07, 6.45) is 3.48. The number of aromatic nitrogens is 3. The maximum absolute atomic E-state index is 15.6. The van der Waals surface area contributed by atoms with Gasteiger partial charge in [0.2, 0.25) is 0 Å². The van der Waals surface area contributed by atoms with Crippen LogP contribution < -0.4 is 11.0 Å². The molecule has 7 rings (SSSR count). The van der Waals surface area contributed by atoms with Crippen LogP contribution in [-0.2, 0) is 33.8 Å². The molecule has 0 bridgehead atoms. The quantitative estimate of drug-likeness (QED) is 0.103. The first-order valence-corrected chi connectivity index (χ1v) is 22.7. The lowest BCUT2D eigenvalue weighted by atomic mass is 9.97. The summed E-state index contributed by atoms with van der Waals surface area (Å²) in [7, 11) is 0. The highest BCUT2D eigenvalue weighted by molar-refractivity contribution is 6.31. The van der Waals surface area contributed by atoms with Gasteiger partial charge < -0.3 is 29.4 Å². The summed E-state index contributed by atoms with van der Waals surface area (Å²) < 4.78 is 34.0. The molecule has 1 aliphatic rings. The summed E-state index contributed by atoms with van der Waals surface area (Å²) in [6, 6.07) is 30.0. The molecule has 4 aromatic carbocycles. The fourth-order valence-corrected chi connectivity index (χ4v) is 8.40. The minimum absolute atomic E-state index is 0.0411. The van der Waals surface area contributed by atoms with Crippen LogP contribution >= 0.6 is 11.6 Å². The molecule has 6 aromatic rings. The van der Waals surface area contributed by atoms with Crippen molar-refractivity contribution in [2.75, 3.05) is 13.1 Å². The van der Waals surface area contributed by atoms with Gasteiger partial charge in [0.1, 0.15) is 24.5 Å². The van der Waals surface area contributed by atoms with Gasteiger partial charge in [-0.05, 0) is 106 Å². The van der Waals surface area contributed by atoms with Gasteiger partial charge >= 0.3 is 24.0 Å². The number of rotatable bonds is 14. The smallest absolute Gasteiger partial charge is 0.410 e. The van der Waals surface area contributed by atoms with Crippen molar-refractivity contribution in [3.8, 4) is 16.9 Å². The first-order valence-electron chi connectivity index (χ1n) is 22.3. The first-order chi connectivity index (χ1) is 31.6. The molecule has 0 radical (unpaired) electrons. The highest BCUT2D eigenvalue weighted by Crippen LogP contribution is 2.34. The van der Waals surface area contributed by atoms with E-state index in [0.29, 0.717) is 42.5 Å². The topological polar surface area (TPSA) is 148 Å². The summed E-state index contributed by atoms with van der Waals surface area (Å²) in [5, 5.41) is 3.37. The van der Waals surface area contributed by atoms with Gasteiger partial charge in [0, 0.05) is 36.3 Å². The number of benzene rings is 4. The van der Waals surface area contributed by atoms with Crippen LogP contribution in [0.3, 0.4) is 0 Å². The van der Waals surface area contributed by atoms with Crippen molar-refractivity contribution in [1.82, 2.24) is 29.7 Å². The third-order valence-electron chi connectivity index (χ3n) is 11.4. The van der Waals surface area contributed by atoms with Gasteiger partial charge in [0.25, 0.3) is 0 Å². The molecule has 3 amide bonds. The monoisotopic (exact) mass is 918 g/mol. The van der Waals surface area contributed by atoms with Crippen molar-refractivity contribution in [2.24, 2.45) is 0 Å². The molecule has 15 heteroatoms. The van der Waals surface area contributed by atoms with E-state index in [1.807, 2.05) is 107 Å².